The molecule has 1 aromatic carbocycles. The Morgan fingerprint density at radius 2 is 1.95 bits per heavy atom. The molecule has 5 heterocycles. The number of thiazole rings is 1. The molecule has 0 N–H and O–H groups in total. The minimum Gasteiger partial charge on any atom is -0.349 e. The summed E-state index contributed by atoms with van der Waals surface area (Å²) < 4.78 is 41.3. The molecule has 13 heteroatoms. The number of hydrogen-bond acceptors (Lipinski definition) is 9. The molecule has 0 unspecified atom stereocenters. The second-order valence-electron chi connectivity index (χ2n) is 10.0. The van der Waals surface area contributed by atoms with E-state index in [9.17, 15) is 18.1 Å². The number of hydrogen-bond donors (Lipinski definition) is 0. The van der Waals surface area contributed by atoms with E-state index < -0.39 is 10.0 Å². The molecule has 202 valence electrons. The molecule has 0 radical (unpaired) electrons. The molecule has 3 aromatic heterocycles. The number of aryl methyl sites for hydroxylation is 2. The van der Waals surface area contributed by atoms with Crippen LogP contribution >= 0.6 is 11.3 Å². The number of nitrogens with zero attached hydrogens (tertiary/aromatic N) is 8. The first-order valence-electron chi connectivity index (χ1n) is 12.6. The minimum absolute atomic E-state index is 0.0523. The Hall–Kier alpha value is -3.60. The summed E-state index contributed by atoms with van der Waals surface area (Å²) in [5, 5.41) is 15.4. The third kappa shape index (κ3) is 4.23. The molecule has 39 heavy (non-hydrogen) atoms. The van der Waals surface area contributed by atoms with Crippen molar-refractivity contribution in [2.45, 2.75) is 38.8 Å². The highest BCUT2D eigenvalue weighted by molar-refractivity contribution is 7.88. The summed E-state index contributed by atoms with van der Waals surface area (Å²) in [7, 11) is -1.36. The maximum absolute atomic E-state index is 13.5. The van der Waals surface area contributed by atoms with Gasteiger partial charge in [0, 0.05) is 37.8 Å². The normalized spacial score (nSPS) is 19.2. The van der Waals surface area contributed by atoms with E-state index in [1.807, 2.05) is 36.4 Å². The molecular formula is C26H27FN8O2S2. The second-order valence-corrected chi connectivity index (χ2v) is 12.9. The highest BCUT2D eigenvalue weighted by Crippen LogP contribution is 2.39. The zero-order valence-electron chi connectivity index (χ0n) is 22.0. The van der Waals surface area contributed by atoms with Crippen LogP contribution in [-0.4, -0.2) is 70.8 Å². The number of sulfonamides is 1. The lowest BCUT2D eigenvalue weighted by atomic mass is 10.1. The third-order valence-corrected chi connectivity index (χ3v) is 9.82. The van der Waals surface area contributed by atoms with E-state index in [2.05, 4.69) is 11.0 Å². The van der Waals surface area contributed by atoms with Gasteiger partial charge < -0.3 is 9.80 Å². The minimum atomic E-state index is -3.24. The molecular weight excluding hydrogens is 539 g/mol. The van der Waals surface area contributed by atoms with Crippen LogP contribution in [0.4, 0.5) is 21.2 Å². The second kappa shape index (κ2) is 9.25. The molecule has 6 rings (SSSR count). The van der Waals surface area contributed by atoms with Gasteiger partial charge in [-0.05, 0) is 55.7 Å². The summed E-state index contributed by atoms with van der Waals surface area (Å²) in [5.41, 5.74) is 3.70. The van der Waals surface area contributed by atoms with Gasteiger partial charge in [-0.15, -0.1) is 5.10 Å². The highest BCUT2D eigenvalue weighted by atomic mass is 32.2. The van der Waals surface area contributed by atoms with Crippen LogP contribution in [0.2, 0.25) is 0 Å². The maximum atomic E-state index is 13.5. The number of nitriles is 1. The first kappa shape index (κ1) is 25.7. The summed E-state index contributed by atoms with van der Waals surface area (Å²) in [4.78, 5) is 14.2. The fourth-order valence-corrected chi connectivity index (χ4v) is 7.63. The van der Waals surface area contributed by atoms with Crippen molar-refractivity contribution in [2.75, 3.05) is 36.2 Å². The van der Waals surface area contributed by atoms with Crippen LogP contribution in [0, 0.1) is 24.1 Å². The lowest BCUT2D eigenvalue weighted by Crippen LogP contribution is -2.48. The Labute approximate surface area is 230 Å². The molecule has 2 atom stereocenters. The topological polar surface area (TPSA) is 111 Å². The molecule has 2 aliphatic rings. The van der Waals surface area contributed by atoms with Crippen LogP contribution in [0.3, 0.4) is 0 Å². The van der Waals surface area contributed by atoms with Gasteiger partial charge in [-0.25, -0.2) is 22.8 Å². The van der Waals surface area contributed by atoms with E-state index in [0.29, 0.717) is 40.8 Å². The average Bonchev–Trinajstić information content (AvgIpc) is 3.69. The summed E-state index contributed by atoms with van der Waals surface area (Å²) >= 11 is 1.26. The van der Waals surface area contributed by atoms with Crippen molar-refractivity contribution in [1.82, 2.24) is 23.9 Å². The van der Waals surface area contributed by atoms with Gasteiger partial charge in [0.1, 0.15) is 28.3 Å². The van der Waals surface area contributed by atoms with E-state index in [1.54, 1.807) is 16.4 Å². The lowest BCUT2D eigenvalue weighted by molar-refractivity contribution is 0.370. The monoisotopic (exact) mass is 566 g/mol. The summed E-state index contributed by atoms with van der Waals surface area (Å²) in [6.45, 7) is 5.08. The summed E-state index contributed by atoms with van der Waals surface area (Å²) in [5.74, 6) is 1.18. The van der Waals surface area contributed by atoms with Crippen molar-refractivity contribution in [2.24, 2.45) is 0 Å². The zero-order chi connectivity index (χ0) is 27.6. The van der Waals surface area contributed by atoms with Crippen molar-refractivity contribution >= 4 is 43.8 Å². The van der Waals surface area contributed by atoms with Crippen LogP contribution in [-0.2, 0) is 16.4 Å². The van der Waals surface area contributed by atoms with E-state index in [4.69, 9.17) is 15.1 Å². The van der Waals surface area contributed by atoms with Gasteiger partial charge in [0.2, 0.25) is 10.0 Å². The first-order valence-corrected chi connectivity index (χ1v) is 15.3. The number of benzene rings is 1. The summed E-state index contributed by atoms with van der Waals surface area (Å²) in [6, 6.07) is 10.2. The average molecular weight is 567 g/mol. The molecule has 2 fully saturated rings. The van der Waals surface area contributed by atoms with Crippen LogP contribution < -0.4 is 9.80 Å². The van der Waals surface area contributed by atoms with Crippen molar-refractivity contribution in [3.63, 3.8) is 0 Å². The SMILES string of the molecule is CCc1nc2c(C)cc(N3C[C@@H]4C[C@H]3CN4S(C)(=O)=O)nn2c1N(C)c1nc(-c2ccc(F)cc2)c(C#N)s1. The van der Waals surface area contributed by atoms with Crippen LogP contribution in [0.1, 0.15) is 29.5 Å². The number of fused-ring (bicyclic) bond motifs is 3. The van der Waals surface area contributed by atoms with Crippen LogP contribution in [0.15, 0.2) is 30.3 Å². The zero-order valence-corrected chi connectivity index (χ0v) is 23.6. The Morgan fingerprint density at radius 3 is 2.56 bits per heavy atom. The van der Waals surface area contributed by atoms with Gasteiger partial charge in [0.25, 0.3) is 0 Å². The Morgan fingerprint density at radius 1 is 1.21 bits per heavy atom. The fourth-order valence-electron chi connectivity index (χ4n) is 5.64. The van der Waals surface area contributed by atoms with Crippen LogP contribution in [0.5, 0.6) is 0 Å². The maximum Gasteiger partial charge on any atom is 0.211 e. The quantitative estimate of drug-likeness (QED) is 0.347. The number of aromatic nitrogens is 4. The van der Waals surface area contributed by atoms with E-state index >= 15 is 0 Å². The van der Waals surface area contributed by atoms with Gasteiger partial charge in [0.05, 0.1) is 11.9 Å². The molecule has 10 nitrogen and oxygen atoms in total. The number of imidazole rings is 1. The van der Waals surface area contributed by atoms with Gasteiger partial charge in [-0.3, -0.25) is 0 Å². The Kier molecular flexibility index (Phi) is 6.09. The standard InChI is InChI=1S/C26H27FN8O2S2/c1-5-20-25(32(3)26-30-23(21(12-28)38-26)16-6-8-17(27)9-7-16)35-24(29-20)15(2)10-22(31-35)33-13-19-11-18(33)14-34(19)39(4,36)37/h6-10,18-19H,5,11,13-14H2,1-4H3/t18-,19-/m0/s1. The van der Waals surface area contributed by atoms with E-state index in [-0.39, 0.29) is 17.9 Å². The number of rotatable bonds is 6. The smallest absolute Gasteiger partial charge is 0.211 e. The summed E-state index contributed by atoms with van der Waals surface area (Å²) in [6.07, 6.45) is 2.71. The predicted molar refractivity (Wildman–Crippen MR) is 148 cm³/mol. The first-order chi connectivity index (χ1) is 18.6. The van der Waals surface area contributed by atoms with Crippen LogP contribution in [0.25, 0.3) is 16.9 Å². The highest BCUT2D eigenvalue weighted by Gasteiger charge is 2.47. The molecule has 2 aliphatic heterocycles. The Balaban J connectivity index is 1.41. The molecule has 2 bridgehead atoms. The molecule has 0 aliphatic carbocycles. The van der Waals surface area contributed by atoms with Gasteiger partial charge in [-0.1, -0.05) is 18.3 Å². The number of anilines is 3. The van der Waals surface area contributed by atoms with Gasteiger partial charge >= 0.3 is 0 Å². The molecule has 0 saturated carbocycles. The van der Waals surface area contributed by atoms with Crippen molar-refractivity contribution < 1.29 is 12.8 Å². The largest absolute Gasteiger partial charge is 0.349 e. The number of piperazine rings is 1. The van der Waals surface area contributed by atoms with Crippen molar-refractivity contribution in [3.8, 4) is 17.3 Å². The molecule has 2 saturated heterocycles. The molecule has 0 amide bonds. The predicted octanol–water partition coefficient (Wildman–Crippen LogP) is 3.72. The lowest BCUT2D eigenvalue weighted by Gasteiger charge is -2.33. The van der Waals surface area contributed by atoms with E-state index in [0.717, 1.165) is 35.0 Å². The van der Waals surface area contributed by atoms with Gasteiger partial charge in [-0.2, -0.15) is 14.1 Å². The number of halogens is 1. The third-order valence-electron chi connectivity index (χ3n) is 7.49. The van der Waals surface area contributed by atoms with Crippen molar-refractivity contribution in [3.05, 3.63) is 52.3 Å². The van der Waals surface area contributed by atoms with Gasteiger partial charge in [0.15, 0.2) is 16.6 Å². The fraction of sp³-hybridized carbons (Fsp3) is 0.385. The van der Waals surface area contributed by atoms with Crippen molar-refractivity contribution in [1.29, 1.82) is 5.26 Å². The Bertz CT molecular complexity index is 1740. The molecule has 4 aromatic rings. The molecule has 0 spiro atoms. The van der Waals surface area contributed by atoms with E-state index in [1.165, 1.54) is 29.7 Å².